The average Bonchev–Trinajstić information content (AvgIpc) is 2.39. The monoisotopic (exact) mass is 340 g/mol. The summed E-state index contributed by atoms with van der Waals surface area (Å²) < 4.78 is 32.1. The van der Waals surface area contributed by atoms with E-state index in [1.54, 1.807) is 6.07 Å². The lowest BCUT2D eigenvalue weighted by atomic mass is 10.1. The Morgan fingerprint density at radius 1 is 1.45 bits per heavy atom. The van der Waals surface area contributed by atoms with Gasteiger partial charge in [0, 0.05) is 12.6 Å². The third kappa shape index (κ3) is 4.23. The van der Waals surface area contributed by atoms with Crippen LogP contribution < -0.4 is 14.8 Å². The summed E-state index contributed by atoms with van der Waals surface area (Å²) >= 11 is 5.95. The van der Waals surface area contributed by atoms with Gasteiger partial charge in [-0.05, 0) is 37.6 Å². The van der Waals surface area contributed by atoms with E-state index < -0.39 is 10.0 Å². The molecular weight excluding hydrogens is 323 g/mol. The number of sulfonamides is 1. The quantitative estimate of drug-likeness (QED) is 0.876. The molecule has 0 aliphatic carbocycles. The molecule has 1 aromatic rings. The molecule has 1 aliphatic heterocycles. The molecule has 8 heteroatoms. The average molecular weight is 341 g/mol. The number of piperidine rings is 1. The Hall–Kier alpha value is -0.530. The van der Waals surface area contributed by atoms with Crippen LogP contribution in [0.1, 0.15) is 12.8 Å². The van der Waals surface area contributed by atoms with E-state index in [2.05, 4.69) is 10.0 Å². The summed E-state index contributed by atoms with van der Waals surface area (Å²) in [6.45, 7) is 1.59. The topological polar surface area (TPSA) is 67.4 Å². The second-order valence-electron chi connectivity index (χ2n) is 4.46. The Labute approximate surface area is 130 Å². The molecule has 0 aromatic heterocycles. The highest BCUT2D eigenvalue weighted by molar-refractivity contribution is 7.89. The molecule has 0 amide bonds. The van der Waals surface area contributed by atoms with Crippen molar-refractivity contribution in [3.05, 3.63) is 23.2 Å². The molecule has 114 valence electrons. The molecule has 1 atom stereocenters. The van der Waals surface area contributed by atoms with Crippen LogP contribution in [0, 0.1) is 0 Å². The summed E-state index contributed by atoms with van der Waals surface area (Å²) in [7, 11) is -2.05. The first kappa shape index (κ1) is 17.5. The van der Waals surface area contributed by atoms with Crippen LogP contribution in [0.2, 0.25) is 5.02 Å². The highest BCUT2D eigenvalue weighted by Gasteiger charge is 2.22. The summed E-state index contributed by atoms with van der Waals surface area (Å²) in [6, 6.07) is 4.37. The number of hydrogen-bond acceptors (Lipinski definition) is 4. The van der Waals surface area contributed by atoms with Crippen LogP contribution in [0.3, 0.4) is 0 Å². The largest absolute Gasteiger partial charge is 0.495 e. The van der Waals surface area contributed by atoms with Gasteiger partial charge in [0.05, 0.1) is 17.0 Å². The molecule has 0 bridgehead atoms. The zero-order valence-corrected chi connectivity index (χ0v) is 13.4. The minimum absolute atomic E-state index is 0. The summed E-state index contributed by atoms with van der Waals surface area (Å²) in [5.74, 6) is 0.458. The molecule has 0 unspecified atom stereocenters. The maximum absolute atomic E-state index is 12.2. The van der Waals surface area contributed by atoms with Crippen molar-refractivity contribution in [1.82, 2.24) is 10.0 Å². The standard InChI is InChI=1S/C12H17ClN2O3S.ClH/c1-18-12-5-4-10(7-11(12)13)19(16,17)15-9-3-2-6-14-8-9;/h4-5,7,9,14-15H,2-3,6,8H2,1H3;1H/t9-;/m0./s1. The molecule has 0 saturated carbocycles. The number of benzene rings is 1. The van der Waals surface area contributed by atoms with Crippen LogP contribution >= 0.6 is 24.0 Å². The molecule has 1 saturated heterocycles. The molecule has 1 aliphatic rings. The van der Waals surface area contributed by atoms with Crippen LogP contribution in [-0.2, 0) is 10.0 Å². The Morgan fingerprint density at radius 2 is 2.20 bits per heavy atom. The first-order chi connectivity index (χ1) is 9.03. The van der Waals surface area contributed by atoms with Gasteiger partial charge in [0.15, 0.2) is 0 Å². The van der Waals surface area contributed by atoms with Crippen LogP contribution in [0.4, 0.5) is 0 Å². The fourth-order valence-corrected chi connectivity index (χ4v) is 3.67. The SMILES string of the molecule is COc1ccc(S(=O)(=O)N[C@H]2CCCNC2)cc1Cl.Cl. The van der Waals surface area contributed by atoms with Crippen molar-refractivity contribution >= 4 is 34.0 Å². The van der Waals surface area contributed by atoms with Crippen molar-refractivity contribution in [2.24, 2.45) is 0 Å². The van der Waals surface area contributed by atoms with Gasteiger partial charge in [-0.3, -0.25) is 0 Å². The van der Waals surface area contributed by atoms with Gasteiger partial charge in [0.1, 0.15) is 5.75 Å². The van der Waals surface area contributed by atoms with Gasteiger partial charge in [-0.25, -0.2) is 13.1 Å². The summed E-state index contributed by atoms with van der Waals surface area (Å²) in [4.78, 5) is 0.156. The molecule has 1 heterocycles. The van der Waals surface area contributed by atoms with Gasteiger partial charge in [-0.15, -0.1) is 12.4 Å². The van der Waals surface area contributed by atoms with Crippen molar-refractivity contribution in [1.29, 1.82) is 0 Å². The maximum atomic E-state index is 12.2. The highest BCUT2D eigenvalue weighted by Crippen LogP contribution is 2.27. The number of nitrogens with one attached hydrogen (secondary N) is 2. The number of methoxy groups -OCH3 is 1. The first-order valence-electron chi connectivity index (χ1n) is 6.09. The van der Waals surface area contributed by atoms with Gasteiger partial charge < -0.3 is 10.1 Å². The Kier molecular flexibility index (Phi) is 6.54. The van der Waals surface area contributed by atoms with Crippen molar-refractivity contribution < 1.29 is 13.2 Å². The van der Waals surface area contributed by atoms with Crippen LogP contribution in [-0.4, -0.2) is 34.7 Å². The third-order valence-corrected chi connectivity index (χ3v) is 4.87. The van der Waals surface area contributed by atoms with Gasteiger partial charge in [0.2, 0.25) is 10.0 Å². The van der Waals surface area contributed by atoms with Gasteiger partial charge >= 0.3 is 0 Å². The molecule has 20 heavy (non-hydrogen) atoms. The van der Waals surface area contributed by atoms with E-state index in [-0.39, 0.29) is 28.4 Å². The number of ether oxygens (including phenoxy) is 1. The lowest BCUT2D eigenvalue weighted by Crippen LogP contribution is -2.45. The fourth-order valence-electron chi connectivity index (χ4n) is 2.05. The first-order valence-corrected chi connectivity index (χ1v) is 7.95. The number of rotatable bonds is 4. The Balaban J connectivity index is 0.00000200. The summed E-state index contributed by atoms with van der Waals surface area (Å²) in [6.07, 6.45) is 1.81. The number of halogens is 2. The predicted molar refractivity (Wildman–Crippen MR) is 81.5 cm³/mol. The van der Waals surface area contributed by atoms with E-state index in [1.807, 2.05) is 0 Å². The van der Waals surface area contributed by atoms with E-state index in [0.717, 1.165) is 19.4 Å². The fraction of sp³-hybridized carbons (Fsp3) is 0.500. The van der Waals surface area contributed by atoms with Gasteiger partial charge in [-0.2, -0.15) is 0 Å². The lowest BCUT2D eigenvalue weighted by molar-refractivity contribution is 0.414. The second-order valence-corrected chi connectivity index (χ2v) is 6.58. The molecule has 0 radical (unpaired) electrons. The normalized spacial score (nSPS) is 19.2. The van der Waals surface area contributed by atoms with Crippen molar-refractivity contribution in [3.8, 4) is 5.75 Å². The van der Waals surface area contributed by atoms with Crippen LogP contribution in [0.25, 0.3) is 0 Å². The van der Waals surface area contributed by atoms with Crippen molar-refractivity contribution in [2.75, 3.05) is 20.2 Å². The zero-order valence-electron chi connectivity index (χ0n) is 11.1. The van der Waals surface area contributed by atoms with E-state index >= 15 is 0 Å². The van der Waals surface area contributed by atoms with Crippen LogP contribution in [0.15, 0.2) is 23.1 Å². The molecular formula is C12H18Cl2N2O3S. The van der Waals surface area contributed by atoms with Crippen LogP contribution in [0.5, 0.6) is 5.75 Å². The Morgan fingerprint density at radius 3 is 2.75 bits per heavy atom. The molecule has 1 fully saturated rings. The molecule has 2 N–H and O–H groups in total. The van der Waals surface area contributed by atoms with Crippen molar-refractivity contribution in [3.63, 3.8) is 0 Å². The minimum Gasteiger partial charge on any atom is -0.495 e. The van der Waals surface area contributed by atoms with Gasteiger partial charge in [0.25, 0.3) is 0 Å². The summed E-state index contributed by atoms with van der Waals surface area (Å²) in [5, 5.41) is 3.45. The molecule has 0 spiro atoms. The predicted octanol–water partition coefficient (Wildman–Crippen LogP) is 1.80. The minimum atomic E-state index is -3.54. The zero-order chi connectivity index (χ0) is 13.9. The third-order valence-electron chi connectivity index (χ3n) is 3.05. The van der Waals surface area contributed by atoms with E-state index in [1.165, 1.54) is 19.2 Å². The maximum Gasteiger partial charge on any atom is 0.240 e. The highest BCUT2D eigenvalue weighted by atomic mass is 35.5. The van der Waals surface area contributed by atoms with E-state index in [9.17, 15) is 8.42 Å². The lowest BCUT2D eigenvalue weighted by Gasteiger charge is -2.23. The molecule has 5 nitrogen and oxygen atoms in total. The molecule has 1 aromatic carbocycles. The summed E-state index contributed by atoms with van der Waals surface area (Å²) in [5.41, 5.74) is 0. The number of hydrogen-bond donors (Lipinski definition) is 2. The Bertz CT molecular complexity index is 546. The molecule has 2 rings (SSSR count). The smallest absolute Gasteiger partial charge is 0.240 e. The van der Waals surface area contributed by atoms with Gasteiger partial charge in [-0.1, -0.05) is 11.6 Å². The van der Waals surface area contributed by atoms with Crippen molar-refractivity contribution in [2.45, 2.75) is 23.8 Å². The second kappa shape index (κ2) is 7.47. The van der Waals surface area contributed by atoms with E-state index in [0.29, 0.717) is 12.3 Å². The van der Waals surface area contributed by atoms with E-state index in [4.69, 9.17) is 16.3 Å².